The Labute approximate surface area is 230 Å². The number of rotatable bonds is 10. The fourth-order valence-electron chi connectivity index (χ4n) is 4.47. The summed E-state index contributed by atoms with van der Waals surface area (Å²) in [6, 6.07) is 18.6. The topological polar surface area (TPSA) is 96.8 Å². The Balaban J connectivity index is 1.39. The number of imidazole rings is 1. The molecule has 0 bridgehead atoms. The van der Waals surface area contributed by atoms with Crippen LogP contribution in [0, 0.1) is 6.92 Å². The molecule has 9 nitrogen and oxygen atoms in total. The Hall–Kier alpha value is -3.73. The fraction of sp³-hybridized carbons (Fsp3) is 0.310. The van der Waals surface area contributed by atoms with E-state index in [1.165, 1.54) is 30.1 Å². The smallest absolute Gasteiger partial charge is 0.243 e. The van der Waals surface area contributed by atoms with Crippen LogP contribution in [0.15, 0.2) is 65.6 Å². The van der Waals surface area contributed by atoms with Gasteiger partial charge in [0.15, 0.2) is 0 Å². The number of methoxy groups -OCH3 is 1. The molecule has 1 aromatic heterocycles. The number of aromatic nitrogens is 2. The summed E-state index contributed by atoms with van der Waals surface area (Å²) in [6.45, 7) is 2.62. The molecule has 0 unspecified atom stereocenters. The second-order valence-corrected chi connectivity index (χ2v) is 11.9. The van der Waals surface area contributed by atoms with Crippen LogP contribution in [0.4, 0.5) is 5.69 Å². The molecule has 39 heavy (non-hydrogen) atoms. The van der Waals surface area contributed by atoms with Crippen molar-refractivity contribution >= 4 is 32.7 Å². The third-order valence-corrected chi connectivity index (χ3v) is 8.61. The minimum absolute atomic E-state index is 0.0206. The van der Waals surface area contributed by atoms with E-state index in [9.17, 15) is 13.2 Å². The molecule has 10 heteroatoms. The molecule has 0 aliphatic rings. The van der Waals surface area contributed by atoms with Gasteiger partial charge >= 0.3 is 0 Å². The van der Waals surface area contributed by atoms with E-state index in [4.69, 9.17) is 9.72 Å². The van der Waals surface area contributed by atoms with Gasteiger partial charge in [-0.1, -0.05) is 6.07 Å². The largest absolute Gasteiger partial charge is 0.497 e. The summed E-state index contributed by atoms with van der Waals surface area (Å²) in [7, 11) is 5.35. The maximum Gasteiger partial charge on any atom is 0.243 e. The van der Waals surface area contributed by atoms with E-state index in [-0.39, 0.29) is 23.8 Å². The van der Waals surface area contributed by atoms with Crippen LogP contribution in [0.2, 0.25) is 0 Å². The van der Waals surface area contributed by atoms with E-state index in [1.807, 2.05) is 51.5 Å². The molecule has 4 rings (SSSR count). The highest BCUT2D eigenvalue weighted by Gasteiger charge is 2.23. The van der Waals surface area contributed by atoms with E-state index in [2.05, 4.69) is 26.9 Å². The van der Waals surface area contributed by atoms with Gasteiger partial charge in [0.25, 0.3) is 0 Å². The Morgan fingerprint density at radius 2 is 1.74 bits per heavy atom. The van der Waals surface area contributed by atoms with Gasteiger partial charge in [0.1, 0.15) is 11.6 Å². The lowest BCUT2D eigenvalue weighted by Gasteiger charge is -2.18. The molecule has 0 spiro atoms. The number of carbonyl (C=O) groups excluding carboxylic acids is 1. The number of nitrogens with one attached hydrogen (secondary N) is 1. The highest BCUT2D eigenvalue weighted by Crippen LogP contribution is 2.26. The molecule has 0 saturated heterocycles. The Morgan fingerprint density at radius 1 is 1.03 bits per heavy atom. The van der Waals surface area contributed by atoms with Crippen molar-refractivity contribution in [1.29, 1.82) is 0 Å². The number of hydrogen-bond donors (Lipinski definition) is 1. The number of anilines is 1. The third-order valence-electron chi connectivity index (χ3n) is 6.59. The van der Waals surface area contributed by atoms with Gasteiger partial charge in [0.05, 0.1) is 23.0 Å². The van der Waals surface area contributed by atoms with Gasteiger partial charge in [-0.05, 0) is 86.7 Å². The molecule has 0 saturated carbocycles. The lowest BCUT2D eigenvalue weighted by Crippen LogP contribution is -2.30. The van der Waals surface area contributed by atoms with Crippen LogP contribution in [-0.4, -0.2) is 67.9 Å². The van der Waals surface area contributed by atoms with Crippen molar-refractivity contribution in [3.8, 4) is 17.1 Å². The zero-order chi connectivity index (χ0) is 28.3. The van der Waals surface area contributed by atoms with Crippen molar-refractivity contribution in [3.05, 3.63) is 71.8 Å². The summed E-state index contributed by atoms with van der Waals surface area (Å²) >= 11 is 0. The molecule has 1 N–H and O–H groups in total. The average Bonchev–Trinajstić information content (AvgIpc) is 3.22. The second kappa shape index (κ2) is 11.6. The van der Waals surface area contributed by atoms with Crippen LogP contribution in [0.1, 0.15) is 17.5 Å². The fourth-order valence-corrected chi connectivity index (χ4v) is 5.84. The molecular formula is C29H35N5O4S. The Morgan fingerprint density at radius 3 is 2.38 bits per heavy atom. The first-order valence-electron chi connectivity index (χ1n) is 12.6. The van der Waals surface area contributed by atoms with Gasteiger partial charge in [-0.25, -0.2) is 17.7 Å². The molecule has 0 atom stereocenters. The quantitative estimate of drug-likeness (QED) is 0.317. The molecule has 0 aliphatic heterocycles. The van der Waals surface area contributed by atoms with E-state index < -0.39 is 10.0 Å². The van der Waals surface area contributed by atoms with Gasteiger partial charge in [0.2, 0.25) is 15.9 Å². The molecular weight excluding hydrogens is 514 g/mol. The van der Waals surface area contributed by atoms with Crippen molar-refractivity contribution in [1.82, 2.24) is 18.8 Å². The van der Waals surface area contributed by atoms with E-state index in [0.717, 1.165) is 29.0 Å². The SMILES string of the molecule is COc1ccc(S(=O)(=O)N(C)CCC(=O)Nc2ccc(-c3nc4ccc(CN(C)C)cc4n3C)cc2)c(C)c1. The van der Waals surface area contributed by atoms with Gasteiger partial charge in [0, 0.05) is 44.9 Å². The van der Waals surface area contributed by atoms with Crippen LogP contribution in [0.3, 0.4) is 0 Å². The number of carbonyl (C=O) groups is 1. The highest BCUT2D eigenvalue weighted by atomic mass is 32.2. The zero-order valence-corrected chi connectivity index (χ0v) is 24.0. The second-order valence-electron chi connectivity index (χ2n) is 9.89. The zero-order valence-electron chi connectivity index (χ0n) is 23.2. The number of aryl methyl sites for hydroxylation is 2. The van der Waals surface area contributed by atoms with Crippen LogP contribution in [0.5, 0.6) is 5.75 Å². The van der Waals surface area contributed by atoms with Crippen LogP contribution in [-0.2, 0) is 28.4 Å². The third kappa shape index (κ3) is 6.30. The normalized spacial score (nSPS) is 11.9. The predicted octanol–water partition coefficient (Wildman–Crippen LogP) is 4.27. The number of fused-ring (bicyclic) bond motifs is 1. The monoisotopic (exact) mass is 549 g/mol. The van der Waals surface area contributed by atoms with Crippen molar-refractivity contribution in [2.24, 2.45) is 7.05 Å². The summed E-state index contributed by atoms with van der Waals surface area (Å²) in [5.41, 5.74) is 5.36. The van der Waals surface area contributed by atoms with Gasteiger partial charge in [-0.3, -0.25) is 4.79 Å². The van der Waals surface area contributed by atoms with Crippen LogP contribution >= 0.6 is 0 Å². The van der Waals surface area contributed by atoms with Crippen molar-refractivity contribution in [2.75, 3.05) is 40.1 Å². The van der Waals surface area contributed by atoms with Crippen molar-refractivity contribution in [3.63, 3.8) is 0 Å². The summed E-state index contributed by atoms with van der Waals surface area (Å²) in [5.74, 6) is 1.16. The molecule has 0 fully saturated rings. The average molecular weight is 550 g/mol. The minimum atomic E-state index is -3.74. The Kier molecular flexibility index (Phi) is 8.39. The molecule has 4 aromatic rings. The van der Waals surface area contributed by atoms with Gasteiger partial charge in [-0.15, -0.1) is 0 Å². The maximum atomic E-state index is 13.0. The summed E-state index contributed by atoms with van der Waals surface area (Å²) in [4.78, 5) is 19.7. The molecule has 1 heterocycles. The molecule has 1 amide bonds. The highest BCUT2D eigenvalue weighted by molar-refractivity contribution is 7.89. The van der Waals surface area contributed by atoms with Gasteiger partial charge in [-0.2, -0.15) is 0 Å². The Bertz CT molecular complexity index is 1590. The van der Waals surface area contributed by atoms with E-state index in [1.54, 1.807) is 19.1 Å². The number of benzene rings is 3. The summed E-state index contributed by atoms with van der Waals surface area (Å²) in [5, 5.41) is 2.85. The molecule has 3 aromatic carbocycles. The predicted molar refractivity (Wildman–Crippen MR) is 154 cm³/mol. The molecule has 0 aliphatic carbocycles. The summed E-state index contributed by atoms with van der Waals surface area (Å²) in [6.07, 6.45) is 0.0206. The lowest BCUT2D eigenvalue weighted by atomic mass is 10.2. The van der Waals surface area contributed by atoms with Crippen LogP contribution in [0.25, 0.3) is 22.4 Å². The standard InChI is InChI=1S/C29H35N5O4S/c1-20-17-24(38-6)12-14-27(20)39(36,37)33(4)16-15-28(35)30-23-10-8-22(9-11-23)29-31-25-13-7-21(19-32(2)3)18-26(25)34(29)5/h7-14,17-18H,15-16,19H2,1-6H3,(H,30,35). The van der Waals surface area contributed by atoms with Crippen molar-refractivity contribution in [2.45, 2.75) is 24.8 Å². The number of nitrogens with zero attached hydrogens (tertiary/aromatic N) is 4. The maximum absolute atomic E-state index is 13.0. The summed E-state index contributed by atoms with van der Waals surface area (Å²) < 4.78 is 34.4. The van der Waals surface area contributed by atoms with Gasteiger partial charge < -0.3 is 19.5 Å². The minimum Gasteiger partial charge on any atom is -0.497 e. The lowest BCUT2D eigenvalue weighted by molar-refractivity contribution is -0.116. The molecule has 0 radical (unpaired) electrons. The number of ether oxygens (including phenoxy) is 1. The first kappa shape index (κ1) is 28.3. The van der Waals surface area contributed by atoms with Crippen LogP contribution < -0.4 is 10.1 Å². The van der Waals surface area contributed by atoms with E-state index >= 15 is 0 Å². The number of amides is 1. The first-order valence-corrected chi connectivity index (χ1v) is 14.0. The van der Waals surface area contributed by atoms with Crippen molar-refractivity contribution < 1.29 is 17.9 Å². The number of sulfonamides is 1. The molecule has 206 valence electrons. The number of hydrogen-bond acceptors (Lipinski definition) is 6. The van der Waals surface area contributed by atoms with E-state index in [0.29, 0.717) is 17.0 Å². The first-order chi connectivity index (χ1) is 18.5.